The van der Waals surface area contributed by atoms with Crippen LogP contribution < -0.4 is 5.32 Å². The maximum Gasteiger partial charge on any atom is 0.338 e. The molecule has 1 aliphatic rings. The summed E-state index contributed by atoms with van der Waals surface area (Å²) in [4.78, 5) is 10.7. The van der Waals surface area contributed by atoms with Crippen molar-refractivity contribution in [2.24, 2.45) is 5.41 Å². The molecule has 0 bridgehead atoms. The lowest BCUT2D eigenvalue weighted by molar-refractivity contribution is 0.0690. The van der Waals surface area contributed by atoms with E-state index in [9.17, 15) is 13.6 Å². The predicted octanol–water partition coefficient (Wildman–Crippen LogP) is 3.66. The highest BCUT2D eigenvalue weighted by Gasteiger charge is 2.29. The lowest BCUT2D eigenvalue weighted by atomic mass is 9.89. The number of nitrogens with one attached hydrogen (secondary N) is 1. The number of carbonyl (C=O) groups is 1. The fraction of sp³-hybridized carbons (Fsp3) is 0.500. The second kappa shape index (κ2) is 5.15. The van der Waals surface area contributed by atoms with Crippen LogP contribution in [-0.2, 0) is 0 Å². The molecule has 1 aromatic carbocycles. The number of halogens is 2. The first-order valence-corrected chi connectivity index (χ1v) is 6.38. The average Bonchev–Trinajstić information content (AvgIpc) is 2.78. The molecular formula is C14H17F2NO2. The number of aromatic carboxylic acids is 1. The van der Waals surface area contributed by atoms with Gasteiger partial charge in [0.1, 0.15) is 0 Å². The Morgan fingerprint density at radius 1 is 1.32 bits per heavy atom. The zero-order chi connectivity index (χ0) is 14.0. The monoisotopic (exact) mass is 269 g/mol. The van der Waals surface area contributed by atoms with Gasteiger partial charge in [-0.05, 0) is 30.4 Å². The molecule has 1 fully saturated rings. The van der Waals surface area contributed by atoms with Gasteiger partial charge in [0.2, 0.25) is 0 Å². The van der Waals surface area contributed by atoms with Gasteiger partial charge in [0.25, 0.3) is 0 Å². The van der Waals surface area contributed by atoms with Crippen LogP contribution in [0.5, 0.6) is 0 Å². The van der Waals surface area contributed by atoms with Crippen LogP contribution in [-0.4, -0.2) is 17.6 Å². The third-order valence-corrected chi connectivity index (χ3v) is 3.83. The van der Waals surface area contributed by atoms with Crippen LogP contribution in [0, 0.1) is 17.0 Å². The summed E-state index contributed by atoms with van der Waals surface area (Å²) in [5.74, 6) is -3.90. The summed E-state index contributed by atoms with van der Waals surface area (Å²) in [6.45, 7) is 2.68. The van der Waals surface area contributed by atoms with Crippen molar-refractivity contribution in [1.82, 2.24) is 0 Å². The maximum atomic E-state index is 13.7. The minimum atomic E-state index is -1.47. The van der Waals surface area contributed by atoms with E-state index in [1.807, 2.05) is 0 Å². The molecule has 1 aliphatic carbocycles. The Morgan fingerprint density at radius 3 is 2.53 bits per heavy atom. The van der Waals surface area contributed by atoms with Crippen molar-refractivity contribution in [2.45, 2.75) is 32.6 Å². The summed E-state index contributed by atoms with van der Waals surface area (Å²) >= 11 is 0. The highest BCUT2D eigenvalue weighted by Crippen LogP contribution is 2.37. The Kier molecular flexibility index (Phi) is 3.73. The second-order valence-electron chi connectivity index (χ2n) is 5.47. The summed E-state index contributed by atoms with van der Waals surface area (Å²) < 4.78 is 27.2. The topological polar surface area (TPSA) is 49.3 Å². The van der Waals surface area contributed by atoms with Gasteiger partial charge in [0.15, 0.2) is 11.6 Å². The van der Waals surface area contributed by atoms with Gasteiger partial charge in [0.05, 0.1) is 11.3 Å². The SMILES string of the molecule is CC1(CNc2ccc(C(=O)O)c(F)c2F)CCCC1. The van der Waals surface area contributed by atoms with Crippen LogP contribution in [0.3, 0.4) is 0 Å². The maximum absolute atomic E-state index is 13.7. The van der Waals surface area contributed by atoms with Crippen LogP contribution in [0.25, 0.3) is 0 Å². The fourth-order valence-electron chi connectivity index (χ4n) is 2.57. The molecule has 1 saturated carbocycles. The zero-order valence-electron chi connectivity index (χ0n) is 10.8. The molecule has 0 radical (unpaired) electrons. The fourth-order valence-corrected chi connectivity index (χ4v) is 2.57. The van der Waals surface area contributed by atoms with Crippen LogP contribution >= 0.6 is 0 Å². The molecule has 0 unspecified atom stereocenters. The third-order valence-electron chi connectivity index (χ3n) is 3.83. The third kappa shape index (κ3) is 2.85. The standard InChI is InChI=1S/C14H17F2NO2/c1-14(6-2-3-7-14)8-17-10-5-4-9(13(18)19)11(15)12(10)16/h4-5,17H,2-3,6-8H2,1H3,(H,18,19). The van der Waals surface area contributed by atoms with E-state index >= 15 is 0 Å². The lowest BCUT2D eigenvalue weighted by Gasteiger charge is -2.24. The molecule has 0 amide bonds. The van der Waals surface area contributed by atoms with E-state index in [2.05, 4.69) is 12.2 Å². The first-order chi connectivity index (χ1) is 8.93. The molecule has 0 spiro atoms. The molecule has 0 saturated heterocycles. The molecule has 2 rings (SSSR count). The number of anilines is 1. The molecule has 2 N–H and O–H groups in total. The van der Waals surface area contributed by atoms with Crippen molar-refractivity contribution in [3.63, 3.8) is 0 Å². The Balaban J connectivity index is 2.13. The Morgan fingerprint density at radius 2 is 1.95 bits per heavy atom. The van der Waals surface area contributed by atoms with Gasteiger partial charge in [-0.3, -0.25) is 0 Å². The van der Waals surface area contributed by atoms with E-state index in [4.69, 9.17) is 5.11 Å². The first kappa shape index (κ1) is 13.8. The minimum absolute atomic E-state index is 0.0237. The first-order valence-electron chi connectivity index (χ1n) is 6.38. The quantitative estimate of drug-likeness (QED) is 0.877. The van der Waals surface area contributed by atoms with Crippen LogP contribution in [0.2, 0.25) is 0 Å². The number of hydrogen-bond acceptors (Lipinski definition) is 2. The lowest BCUT2D eigenvalue weighted by Crippen LogP contribution is -2.23. The minimum Gasteiger partial charge on any atom is -0.478 e. The number of carboxylic acids is 1. The highest BCUT2D eigenvalue weighted by molar-refractivity contribution is 5.88. The van der Waals surface area contributed by atoms with Crippen LogP contribution in [0.1, 0.15) is 43.0 Å². The molecule has 0 aromatic heterocycles. The summed E-state index contributed by atoms with van der Waals surface area (Å²) in [5.41, 5.74) is -0.514. The number of benzene rings is 1. The van der Waals surface area contributed by atoms with Crippen LogP contribution in [0.4, 0.5) is 14.5 Å². The number of hydrogen-bond donors (Lipinski definition) is 2. The molecule has 0 heterocycles. The Bertz CT molecular complexity index is 496. The van der Waals surface area contributed by atoms with E-state index < -0.39 is 23.2 Å². The van der Waals surface area contributed by atoms with Crippen LogP contribution in [0.15, 0.2) is 12.1 Å². The van der Waals surface area contributed by atoms with Gasteiger partial charge < -0.3 is 10.4 Å². The zero-order valence-corrected chi connectivity index (χ0v) is 10.8. The number of rotatable bonds is 4. The highest BCUT2D eigenvalue weighted by atomic mass is 19.2. The number of carboxylic acid groups (broad SMARTS) is 1. The summed E-state index contributed by atoms with van der Waals surface area (Å²) in [6.07, 6.45) is 4.45. The normalized spacial score (nSPS) is 17.4. The predicted molar refractivity (Wildman–Crippen MR) is 68.4 cm³/mol. The molecular weight excluding hydrogens is 252 g/mol. The van der Waals surface area contributed by atoms with Gasteiger partial charge >= 0.3 is 5.97 Å². The second-order valence-corrected chi connectivity index (χ2v) is 5.47. The van der Waals surface area contributed by atoms with Crippen molar-refractivity contribution in [3.05, 3.63) is 29.3 Å². The van der Waals surface area contributed by atoms with E-state index in [0.717, 1.165) is 31.7 Å². The molecule has 1 aromatic rings. The summed E-state index contributed by atoms with van der Waals surface area (Å²) in [5, 5.41) is 11.6. The Labute approximate surface area is 110 Å². The molecule has 0 aliphatic heterocycles. The summed E-state index contributed by atoms with van der Waals surface area (Å²) in [7, 11) is 0. The average molecular weight is 269 g/mol. The van der Waals surface area contributed by atoms with Crippen molar-refractivity contribution in [1.29, 1.82) is 0 Å². The van der Waals surface area contributed by atoms with Gasteiger partial charge in [-0.1, -0.05) is 19.8 Å². The Hall–Kier alpha value is -1.65. The molecule has 104 valence electrons. The van der Waals surface area contributed by atoms with Gasteiger partial charge in [-0.25, -0.2) is 13.6 Å². The molecule has 0 atom stereocenters. The van der Waals surface area contributed by atoms with E-state index in [0.29, 0.717) is 6.54 Å². The molecule has 19 heavy (non-hydrogen) atoms. The molecule has 3 nitrogen and oxygen atoms in total. The van der Waals surface area contributed by atoms with Crippen molar-refractivity contribution >= 4 is 11.7 Å². The van der Waals surface area contributed by atoms with Crippen molar-refractivity contribution in [3.8, 4) is 0 Å². The van der Waals surface area contributed by atoms with Crippen molar-refractivity contribution < 1.29 is 18.7 Å². The molecule has 5 heteroatoms. The van der Waals surface area contributed by atoms with Gasteiger partial charge in [-0.15, -0.1) is 0 Å². The van der Waals surface area contributed by atoms with E-state index in [-0.39, 0.29) is 11.1 Å². The van der Waals surface area contributed by atoms with Gasteiger partial charge in [0, 0.05) is 6.54 Å². The summed E-state index contributed by atoms with van der Waals surface area (Å²) in [6, 6.07) is 2.36. The van der Waals surface area contributed by atoms with Gasteiger partial charge in [-0.2, -0.15) is 0 Å². The largest absolute Gasteiger partial charge is 0.478 e. The smallest absolute Gasteiger partial charge is 0.338 e. The van der Waals surface area contributed by atoms with E-state index in [1.54, 1.807) is 0 Å². The van der Waals surface area contributed by atoms with E-state index in [1.165, 1.54) is 6.07 Å². The van der Waals surface area contributed by atoms with Crippen molar-refractivity contribution in [2.75, 3.05) is 11.9 Å².